The van der Waals surface area contributed by atoms with Crippen molar-refractivity contribution in [3.05, 3.63) is 47.9 Å². The summed E-state index contributed by atoms with van der Waals surface area (Å²) in [4.78, 5) is 0. The minimum Gasteiger partial charge on any atom is -0.491 e. The predicted molar refractivity (Wildman–Crippen MR) is 69.3 cm³/mol. The summed E-state index contributed by atoms with van der Waals surface area (Å²) >= 11 is 0. The highest BCUT2D eigenvalue weighted by atomic mass is 16.5. The second-order valence-electron chi connectivity index (χ2n) is 4.36. The number of aromatic nitrogens is 1. The van der Waals surface area contributed by atoms with Crippen molar-refractivity contribution in [1.82, 2.24) is 10.5 Å². The maximum Gasteiger partial charge on any atom is 0.150 e. The lowest BCUT2D eigenvalue weighted by Crippen LogP contribution is -2.14. The zero-order valence-electron chi connectivity index (χ0n) is 10.7. The van der Waals surface area contributed by atoms with Crippen LogP contribution in [0.3, 0.4) is 0 Å². The highest BCUT2D eigenvalue weighted by Crippen LogP contribution is 2.19. The molecule has 4 nitrogen and oxygen atoms in total. The zero-order chi connectivity index (χ0) is 12.8. The molecule has 0 radical (unpaired) electrons. The third-order valence-corrected chi connectivity index (χ3v) is 2.44. The molecule has 0 fully saturated rings. The van der Waals surface area contributed by atoms with Crippen LogP contribution in [0.5, 0.6) is 5.75 Å². The molecule has 1 aromatic carbocycles. The Morgan fingerprint density at radius 1 is 1.22 bits per heavy atom. The number of para-hydroxylation sites is 1. The van der Waals surface area contributed by atoms with Gasteiger partial charge in [0.1, 0.15) is 11.5 Å². The number of nitrogens with zero attached hydrogens (tertiary/aromatic N) is 1. The third-order valence-electron chi connectivity index (χ3n) is 2.44. The minimum atomic E-state index is 0.181. The minimum absolute atomic E-state index is 0.181. The van der Waals surface area contributed by atoms with Gasteiger partial charge in [0.2, 0.25) is 0 Å². The van der Waals surface area contributed by atoms with Crippen LogP contribution >= 0.6 is 0 Å². The maximum absolute atomic E-state index is 5.76. The Hall–Kier alpha value is -1.81. The lowest BCUT2D eigenvalue weighted by atomic mass is 10.2. The summed E-state index contributed by atoms with van der Waals surface area (Å²) in [6, 6.07) is 9.90. The summed E-state index contributed by atoms with van der Waals surface area (Å²) < 4.78 is 10.8. The SMILES string of the molecule is CC(C)Oc1ccccc1CNCc1ccno1. The van der Waals surface area contributed by atoms with Gasteiger partial charge in [0.25, 0.3) is 0 Å². The number of rotatable bonds is 6. The molecule has 0 bridgehead atoms. The molecular weight excluding hydrogens is 228 g/mol. The van der Waals surface area contributed by atoms with Gasteiger partial charge in [-0.05, 0) is 19.9 Å². The molecule has 1 N–H and O–H groups in total. The lowest BCUT2D eigenvalue weighted by molar-refractivity contribution is 0.239. The molecule has 1 heterocycles. The summed E-state index contributed by atoms with van der Waals surface area (Å²) in [6.07, 6.45) is 1.83. The van der Waals surface area contributed by atoms with Crippen molar-refractivity contribution >= 4 is 0 Å². The smallest absolute Gasteiger partial charge is 0.150 e. The Labute approximate surface area is 107 Å². The molecule has 0 spiro atoms. The first-order valence-electron chi connectivity index (χ1n) is 6.10. The van der Waals surface area contributed by atoms with Crippen LogP contribution in [-0.2, 0) is 13.1 Å². The first-order chi connectivity index (χ1) is 8.75. The summed E-state index contributed by atoms with van der Waals surface area (Å²) in [7, 11) is 0. The Morgan fingerprint density at radius 2 is 2.06 bits per heavy atom. The van der Waals surface area contributed by atoms with Crippen LogP contribution in [0.15, 0.2) is 41.1 Å². The zero-order valence-corrected chi connectivity index (χ0v) is 10.7. The van der Waals surface area contributed by atoms with E-state index in [4.69, 9.17) is 9.26 Å². The Balaban J connectivity index is 1.92. The number of nitrogens with one attached hydrogen (secondary N) is 1. The summed E-state index contributed by atoms with van der Waals surface area (Å²) in [6.45, 7) is 5.46. The molecule has 0 saturated carbocycles. The van der Waals surface area contributed by atoms with Gasteiger partial charge in [0, 0.05) is 18.2 Å². The number of benzene rings is 1. The van der Waals surface area contributed by atoms with E-state index >= 15 is 0 Å². The first kappa shape index (κ1) is 12.6. The summed E-state index contributed by atoms with van der Waals surface area (Å²) in [5.41, 5.74) is 1.14. The van der Waals surface area contributed by atoms with Crippen LogP contribution < -0.4 is 10.1 Å². The second-order valence-corrected chi connectivity index (χ2v) is 4.36. The average molecular weight is 246 g/mol. The topological polar surface area (TPSA) is 47.3 Å². The molecule has 4 heteroatoms. The molecule has 0 aliphatic carbocycles. The number of hydrogen-bond donors (Lipinski definition) is 1. The molecule has 0 aliphatic rings. The van der Waals surface area contributed by atoms with E-state index in [1.165, 1.54) is 0 Å². The summed E-state index contributed by atoms with van der Waals surface area (Å²) in [5, 5.41) is 6.97. The van der Waals surface area contributed by atoms with Crippen molar-refractivity contribution in [2.45, 2.75) is 33.0 Å². The van der Waals surface area contributed by atoms with Crippen molar-refractivity contribution in [3.8, 4) is 5.75 Å². The van der Waals surface area contributed by atoms with E-state index in [1.54, 1.807) is 6.20 Å². The van der Waals surface area contributed by atoms with Crippen LogP contribution in [0.25, 0.3) is 0 Å². The fourth-order valence-electron chi connectivity index (χ4n) is 1.67. The molecular formula is C14H18N2O2. The van der Waals surface area contributed by atoms with Crippen LogP contribution in [-0.4, -0.2) is 11.3 Å². The van der Waals surface area contributed by atoms with Gasteiger partial charge in [-0.1, -0.05) is 23.4 Å². The molecule has 0 saturated heterocycles. The van der Waals surface area contributed by atoms with Crippen molar-refractivity contribution in [2.24, 2.45) is 0 Å². The van der Waals surface area contributed by atoms with Crippen molar-refractivity contribution < 1.29 is 9.26 Å². The van der Waals surface area contributed by atoms with E-state index in [0.29, 0.717) is 6.54 Å². The first-order valence-corrected chi connectivity index (χ1v) is 6.10. The van der Waals surface area contributed by atoms with Crippen LogP contribution in [0, 0.1) is 0 Å². The van der Waals surface area contributed by atoms with Gasteiger partial charge in [0.05, 0.1) is 18.8 Å². The third kappa shape index (κ3) is 3.60. The Bertz CT molecular complexity index is 466. The van der Waals surface area contributed by atoms with Crippen LogP contribution in [0.1, 0.15) is 25.2 Å². The largest absolute Gasteiger partial charge is 0.491 e. The van der Waals surface area contributed by atoms with E-state index in [-0.39, 0.29) is 6.10 Å². The normalized spacial score (nSPS) is 10.8. The van der Waals surface area contributed by atoms with E-state index in [2.05, 4.69) is 16.5 Å². The fraction of sp³-hybridized carbons (Fsp3) is 0.357. The summed E-state index contributed by atoms with van der Waals surface area (Å²) in [5.74, 6) is 1.76. The van der Waals surface area contributed by atoms with E-state index in [1.807, 2.05) is 38.1 Å². The predicted octanol–water partition coefficient (Wildman–Crippen LogP) is 2.75. The molecule has 0 atom stereocenters. The van der Waals surface area contributed by atoms with Crippen molar-refractivity contribution in [1.29, 1.82) is 0 Å². The lowest BCUT2D eigenvalue weighted by Gasteiger charge is -2.14. The van der Waals surface area contributed by atoms with Crippen molar-refractivity contribution in [3.63, 3.8) is 0 Å². The Morgan fingerprint density at radius 3 is 2.78 bits per heavy atom. The molecule has 18 heavy (non-hydrogen) atoms. The second kappa shape index (κ2) is 6.21. The molecule has 0 amide bonds. The molecule has 1 aromatic heterocycles. The van der Waals surface area contributed by atoms with Crippen LogP contribution in [0.4, 0.5) is 0 Å². The number of ether oxygens (including phenoxy) is 1. The van der Waals surface area contributed by atoms with Crippen LogP contribution in [0.2, 0.25) is 0 Å². The maximum atomic E-state index is 5.76. The molecule has 0 unspecified atom stereocenters. The van der Waals surface area contributed by atoms with Crippen molar-refractivity contribution in [2.75, 3.05) is 0 Å². The Kier molecular flexibility index (Phi) is 4.36. The van der Waals surface area contributed by atoms with E-state index < -0.39 is 0 Å². The van der Waals surface area contributed by atoms with E-state index in [9.17, 15) is 0 Å². The standard InChI is InChI=1S/C14H18N2O2/c1-11(2)17-14-6-4-3-5-12(14)9-15-10-13-7-8-16-18-13/h3-8,11,15H,9-10H2,1-2H3. The average Bonchev–Trinajstić information content (AvgIpc) is 2.84. The molecule has 96 valence electrons. The van der Waals surface area contributed by atoms with E-state index in [0.717, 1.165) is 23.6 Å². The number of hydrogen-bond acceptors (Lipinski definition) is 4. The molecule has 2 aromatic rings. The molecule has 0 aliphatic heterocycles. The van der Waals surface area contributed by atoms with Gasteiger partial charge < -0.3 is 14.6 Å². The highest BCUT2D eigenvalue weighted by molar-refractivity contribution is 5.33. The van der Waals surface area contributed by atoms with Gasteiger partial charge in [-0.25, -0.2) is 0 Å². The quantitative estimate of drug-likeness (QED) is 0.851. The van der Waals surface area contributed by atoms with Gasteiger partial charge in [-0.3, -0.25) is 0 Å². The monoisotopic (exact) mass is 246 g/mol. The van der Waals surface area contributed by atoms with Gasteiger partial charge in [-0.2, -0.15) is 0 Å². The van der Waals surface area contributed by atoms with Gasteiger partial charge in [0.15, 0.2) is 0 Å². The highest BCUT2D eigenvalue weighted by Gasteiger charge is 2.05. The fourth-order valence-corrected chi connectivity index (χ4v) is 1.67. The molecule has 2 rings (SSSR count). The van der Waals surface area contributed by atoms with Gasteiger partial charge >= 0.3 is 0 Å². The van der Waals surface area contributed by atoms with Gasteiger partial charge in [-0.15, -0.1) is 0 Å².